The van der Waals surface area contributed by atoms with Crippen LogP contribution in [0.25, 0.3) is 0 Å². The summed E-state index contributed by atoms with van der Waals surface area (Å²) in [7, 11) is 0. The smallest absolute Gasteiger partial charge is 0.184 e. The lowest BCUT2D eigenvalue weighted by atomic mass is 9.33. The Hall–Kier alpha value is -1.72. The molecule has 294 valence electrons. The number of aliphatic hydroxyl groups is 6. The van der Waals surface area contributed by atoms with Crippen LogP contribution in [-0.2, 0) is 9.53 Å². The number of nitrogens with two attached hydrogens (primary N) is 2. The highest BCUT2D eigenvalue weighted by molar-refractivity contribution is 6.44. The fourth-order valence-electron chi connectivity index (χ4n) is 14.0. The summed E-state index contributed by atoms with van der Waals surface area (Å²) in [5, 5.41) is 74.4. The van der Waals surface area contributed by atoms with E-state index in [9.17, 15) is 30.6 Å². The second-order valence-electron chi connectivity index (χ2n) is 19.5. The molecule has 0 amide bonds. The minimum absolute atomic E-state index is 0.0104. The molecule has 10 N–H and O–H groups in total. The summed E-state index contributed by atoms with van der Waals surface area (Å²) in [5.74, 6) is 5.49. The van der Waals surface area contributed by atoms with Crippen molar-refractivity contribution in [2.75, 3.05) is 19.7 Å². The van der Waals surface area contributed by atoms with Gasteiger partial charge in [-0.2, -0.15) is 0 Å². The maximum absolute atomic E-state index is 15.7. The van der Waals surface area contributed by atoms with Gasteiger partial charge in [0, 0.05) is 43.1 Å². The van der Waals surface area contributed by atoms with E-state index in [1.807, 2.05) is 0 Å². The van der Waals surface area contributed by atoms with Gasteiger partial charge in [0.05, 0.1) is 59.8 Å². The number of aliphatic imine (C=N–C) groups is 1. The van der Waals surface area contributed by atoms with Crippen molar-refractivity contribution in [1.29, 1.82) is 0 Å². The Labute approximate surface area is 314 Å². The number of fused-ring (bicyclic) bond motifs is 3. The minimum atomic E-state index is -1.65. The standard InChI is InChI=1S/C42H63N3O8/c1-22-21-53-35(24(22)3)37(50)38(4,51)30-11-14-42(52)33-32-26-8-7-25(27-9-10-31(43)44-20-27)15-41(32)18-29(48)28(47)17-40(41,13-6-5-12-39(30,42)16-26)36(49)34(33)45-19-23(2)46/h7-8,22-33,35,37,44,46-48,50-52H,9-21,43H2,1-4H3/p+1/t22-,23-,24-,25-,26?,27?,28+,29-,30-,31?,32?,33+,35+,37+,38+,39-,40-,41-,42-/m0/s1. The van der Waals surface area contributed by atoms with Gasteiger partial charge in [-0.25, -0.2) is 0 Å². The second-order valence-corrected chi connectivity index (χ2v) is 19.5. The Morgan fingerprint density at radius 1 is 1.04 bits per heavy atom. The Balaban J connectivity index is 1.35. The summed E-state index contributed by atoms with van der Waals surface area (Å²) in [6, 6.07) is 0. The molecule has 11 heteroatoms. The summed E-state index contributed by atoms with van der Waals surface area (Å²) in [6.07, 6.45) is 4.34. The SMILES string of the molecule is C[C@@H]1[C@H]([C@@H](O)[C@](C)(O)[C@@H]2CC[C@]3(O)[C@H]4C(=NC[C@H](C)O)C(=O)[C@@]56CC#CC[C@]23CC2C=C[C@H](C3CCC(N)[NH2+]C3)C[C@]5(C[C@H](O)[C@H](O)C6)C24)OC[C@@H]1C. The molecule has 53 heavy (non-hydrogen) atoms. The van der Waals surface area contributed by atoms with Crippen molar-refractivity contribution < 1.29 is 45.5 Å². The third kappa shape index (κ3) is 5.33. The van der Waals surface area contributed by atoms with Crippen molar-refractivity contribution >= 4 is 11.5 Å². The Morgan fingerprint density at radius 2 is 1.74 bits per heavy atom. The predicted molar refractivity (Wildman–Crippen MR) is 197 cm³/mol. The quantitative estimate of drug-likeness (QED) is 0.142. The fourth-order valence-corrected chi connectivity index (χ4v) is 14.0. The summed E-state index contributed by atoms with van der Waals surface area (Å²) >= 11 is 0. The third-order valence-electron chi connectivity index (χ3n) is 16.9. The number of carbonyl (C=O) groups excluding carboxylic acids is 1. The van der Waals surface area contributed by atoms with Crippen LogP contribution in [0.2, 0.25) is 0 Å². The molecular formula is C42H64N3O8+. The molecule has 2 aliphatic heterocycles. The zero-order valence-corrected chi connectivity index (χ0v) is 32.0. The van der Waals surface area contributed by atoms with Crippen LogP contribution in [0.4, 0.5) is 0 Å². The average Bonchev–Trinajstić information content (AvgIpc) is 3.55. The summed E-state index contributed by atoms with van der Waals surface area (Å²) in [6.45, 7) is 8.83. The van der Waals surface area contributed by atoms with E-state index >= 15 is 4.79 Å². The van der Waals surface area contributed by atoms with Gasteiger partial charge in [0.2, 0.25) is 0 Å². The van der Waals surface area contributed by atoms with Crippen molar-refractivity contribution in [3.63, 3.8) is 0 Å². The molecule has 0 aromatic heterocycles. The number of carbonyl (C=O) groups is 1. The van der Waals surface area contributed by atoms with Gasteiger partial charge >= 0.3 is 0 Å². The molecule has 4 saturated carbocycles. The van der Waals surface area contributed by atoms with Gasteiger partial charge in [-0.1, -0.05) is 26.0 Å². The number of aliphatic hydroxyl groups excluding tert-OH is 4. The number of ketones is 1. The fraction of sp³-hybridized carbons (Fsp3) is 0.857. The highest BCUT2D eigenvalue weighted by atomic mass is 16.5. The van der Waals surface area contributed by atoms with Crippen molar-refractivity contribution in [2.45, 2.75) is 140 Å². The van der Waals surface area contributed by atoms with E-state index < -0.39 is 69.8 Å². The second kappa shape index (κ2) is 13.2. The molecule has 9 rings (SSSR count). The number of hydrogen-bond donors (Lipinski definition) is 8. The molecule has 0 radical (unpaired) electrons. The molecule has 0 aromatic carbocycles. The number of rotatable bonds is 6. The topological polar surface area (TPSA) is 203 Å². The highest BCUT2D eigenvalue weighted by Crippen LogP contribution is 2.76. The first-order valence-corrected chi connectivity index (χ1v) is 20.6. The maximum Gasteiger partial charge on any atom is 0.184 e. The van der Waals surface area contributed by atoms with Crippen molar-refractivity contribution in [3.05, 3.63) is 12.2 Å². The van der Waals surface area contributed by atoms with Crippen LogP contribution in [0.3, 0.4) is 0 Å². The zero-order valence-electron chi connectivity index (χ0n) is 32.0. The number of nitrogens with zero attached hydrogens (tertiary/aromatic N) is 1. The predicted octanol–water partition coefficient (Wildman–Crippen LogP) is 0.674. The van der Waals surface area contributed by atoms with Crippen molar-refractivity contribution in [2.24, 2.45) is 74.3 Å². The molecule has 4 unspecified atom stereocenters. The molecule has 2 saturated heterocycles. The van der Waals surface area contributed by atoms with E-state index in [4.69, 9.17) is 15.5 Å². The largest absolute Gasteiger partial charge is 0.391 e. The number of hydrogen-bond acceptors (Lipinski definition) is 10. The molecule has 3 spiro atoms. The lowest BCUT2D eigenvalue weighted by molar-refractivity contribution is -0.703. The first-order valence-electron chi connectivity index (χ1n) is 20.6. The first-order chi connectivity index (χ1) is 25.0. The van der Waals surface area contributed by atoms with Crippen LogP contribution in [0.15, 0.2) is 17.1 Å². The number of Topliss-reactive ketones (excluding diaryl/α,β-unsaturated/α-hetero) is 1. The number of ether oxygens (including phenoxy) is 1. The lowest BCUT2D eigenvalue weighted by Gasteiger charge is -2.70. The number of piperidine rings is 1. The van der Waals surface area contributed by atoms with Gasteiger partial charge in [0.25, 0.3) is 0 Å². The average molecular weight is 739 g/mol. The highest BCUT2D eigenvalue weighted by Gasteiger charge is 2.80. The van der Waals surface area contributed by atoms with Crippen LogP contribution >= 0.6 is 0 Å². The normalized spacial score (nSPS) is 53.3. The van der Waals surface area contributed by atoms with Crippen molar-refractivity contribution in [1.82, 2.24) is 0 Å². The molecule has 2 heterocycles. The van der Waals surface area contributed by atoms with Crippen molar-refractivity contribution in [3.8, 4) is 11.8 Å². The molecular weight excluding hydrogens is 674 g/mol. The van der Waals surface area contributed by atoms with Crippen LogP contribution in [0.1, 0.15) is 91.9 Å². The number of allylic oxidation sites excluding steroid dienone is 2. The summed E-state index contributed by atoms with van der Waals surface area (Å²) in [4.78, 5) is 20.6. The molecule has 19 atom stereocenters. The molecule has 6 fully saturated rings. The molecule has 9 aliphatic rings. The molecule has 11 nitrogen and oxygen atoms in total. The van der Waals surface area contributed by atoms with Gasteiger partial charge in [0.15, 0.2) is 5.78 Å². The van der Waals surface area contributed by atoms with Crippen LogP contribution in [0.5, 0.6) is 0 Å². The third-order valence-corrected chi connectivity index (χ3v) is 16.9. The van der Waals surface area contributed by atoms with E-state index in [2.05, 4.69) is 43.2 Å². The summed E-state index contributed by atoms with van der Waals surface area (Å²) < 4.78 is 6.12. The lowest BCUT2D eigenvalue weighted by Crippen LogP contribution is -2.95. The van der Waals surface area contributed by atoms with Gasteiger partial charge in [-0.05, 0) is 99.7 Å². The minimum Gasteiger partial charge on any atom is -0.391 e. The van der Waals surface area contributed by atoms with Crippen LogP contribution in [-0.4, -0.2) is 110 Å². The van der Waals surface area contributed by atoms with E-state index in [-0.39, 0.29) is 85.9 Å². The zero-order chi connectivity index (χ0) is 37.9. The van der Waals surface area contributed by atoms with Gasteiger partial charge in [-0.3, -0.25) is 15.5 Å². The van der Waals surface area contributed by atoms with E-state index in [1.165, 1.54) is 0 Å². The molecule has 0 aromatic rings. The number of quaternary nitrogens is 1. The van der Waals surface area contributed by atoms with Gasteiger partial charge < -0.3 is 40.7 Å². The monoisotopic (exact) mass is 738 g/mol. The Bertz CT molecular complexity index is 1580. The van der Waals surface area contributed by atoms with E-state index in [0.29, 0.717) is 31.8 Å². The summed E-state index contributed by atoms with van der Waals surface area (Å²) in [5.41, 5.74) is 0.438. The Kier molecular flexibility index (Phi) is 9.49. The van der Waals surface area contributed by atoms with Gasteiger partial charge in [0.1, 0.15) is 12.3 Å². The van der Waals surface area contributed by atoms with Gasteiger partial charge in [-0.15, -0.1) is 11.8 Å². The Morgan fingerprint density at radius 3 is 2.42 bits per heavy atom. The molecule has 7 aliphatic carbocycles. The van der Waals surface area contributed by atoms with Crippen LogP contribution < -0.4 is 11.1 Å². The van der Waals surface area contributed by atoms with Crippen LogP contribution in [0, 0.1) is 75.4 Å². The van der Waals surface area contributed by atoms with E-state index in [1.54, 1.807) is 13.8 Å². The van der Waals surface area contributed by atoms with E-state index in [0.717, 1.165) is 19.4 Å². The molecule has 6 bridgehead atoms. The first kappa shape index (κ1) is 38.2. The maximum atomic E-state index is 15.7.